The van der Waals surface area contributed by atoms with Crippen LogP contribution < -0.4 is 10.6 Å². The van der Waals surface area contributed by atoms with Crippen molar-refractivity contribution in [2.45, 2.75) is 12.6 Å². The number of nitrogens with zero attached hydrogens (tertiary/aromatic N) is 2. The average molecular weight is 386 g/mol. The minimum Gasteiger partial charge on any atom is -0.381 e. The van der Waals surface area contributed by atoms with Crippen molar-refractivity contribution >= 4 is 11.9 Å². The molecule has 1 aromatic rings. The smallest absolute Gasteiger partial charge is 0.381 e. The van der Waals surface area contributed by atoms with Crippen LogP contribution in [0.1, 0.15) is 22.3 Å². The minimum absolute atomic E-state index is 0.186. The van der Waals surface area contributed by atoms with Gasteiger partial charge in [-0.3, -0.25) is 9.79 Å². The molecule has 2 rings (SSSR count). The first-order valence-corrected chi connectivity index (χ1v) is 8.76. The van der Waals surface area contributed by atoms with Gasteiger partial charge in [-0.1, -0.05) is 0 Å². The largest absolute Gasteiger partial charge is 0.416 e. The number of halogens is 3. The van der Waals surface area contributed by atoms with Crippen molar-refractivity contribution in [3.8, 4) is 0 Å². The van der Waals surface area contributed by atoms with E-state index < -0.39 is 17.6 Å². The van der Waals surface area contributed by atoms with E-state index >= 15 is 0 Å². The molecule has 1 aliphatic heterocycles. The van der Waals surface area contributed by atoms with Gasteiger partial charge in [-0.2, -0.15) is 13.2 Å². The summed E-state index contributed by atoms with van der Waals surface area (Å²) in [6, 6.07) is 4.14. The fourth-order valence-corrected chi connectivity index (χ4v) is 2.85. The molecule has 0 aliphatic carbocycles. The molecule has 0 radical (unpaired) electrons. The number of carbonyl (C=O) groups excluding carboxylic acids is 1. The van der Waals surface area contributed by atoms with Crippen molar-refractivity contribution < 1.29 is 22.7 Å². The average Bonchev–Trinajstić information content (AvgIpc) is 3.13. The molecule has 1 unspecified atom stereocenters. The quantitative estimate of drug-likeness (QED) is 0.446. The van der Waals surface area contributed by atoms with Crippen molar-refractivity contribution in [3.05, 3.63) is 35.4 Å². The molecule has 2 N–H and O–H groups in total. The van der Waals surface area contributed by atoms with Gasteiger partial charge in [0.1, 0.15) is 0 Å². The highest BCUT2D eigenvalue weighted by Gasteiger charge is 2.30. The number of carbonyl (C=O) groups is 1. The summed E-state index contributed by atoms with van der Waals surface area (Å²) in [6.45, 7) is 3.15. The molecule has 1 fully saturated rings. The van der Waals surface area contributed by atoms with Crippen LogP contribution in [-0.2, 0) is 10.9 Å². The van der Waals surface area contributed by atoms with E-state index in [4.69, 9.17) is 4.74 Å². The summed E-state index contributed by atoms with van der Waals surface area (Å²) < 4.78 is 43.0. The molecular formula is C18H25F3N4O2. The number of aliphatic imine (C=N–C) groups is 1. The number of hydrogen-bond acceptors (Lipinski definition) is 3. The summed E-state index contributed by atoms with van der Waals surface area (Å²) in [7, 11) is 3.62. The lowest BCUT2D eigenvalue weighted by molar-refractivity contribution is -0.137. The van der Waals surface area contributed by atoms with Crippen LogP contribution in [0.3, 0.4) is 0 Å². The van der Waals surface area contributed by atoms with Crippen molar-refractivity contribution in [2.75, 3.05) is 46.9 Å². The number of nitrogens with one attached hydrogen (secondary N) is 2. The van der Waals surface area contributed by atoms with Crippen LogP contribution in [0.4, 0.5) is 13.2 Å². The number of guanidine groups is 1. The van der Waals surface area contributed by atoms with E-state index in [0.717, 1.165) is 38.3 Å². The van der Waals surface area contributed by atoms with Crippen LogP contribution in [0.25, 0.3) is 0 Å². The summed E-state index contributed by atoms with van der Waals surface area (Å²) in [6.07, 6.45) is -3.38. The SMILES string of the molecule is CN=C(NCCNC(=O)c1ccc(C(F)(F)F)cc1)N(C)CC1CCOC1. The zero-order chi connectivity index (χ0) is 19.9. The van der Waals surface area contributed by atoms with Crippen LogP contribution in [-0.4, -0.2) is 63.7 Å². The van der Waals surface area contributed by atoms with Crippen LogP contribution in [0.2, 0.25) is 0 Å². The molecule has 1 heterocycles. The predicted octanol–water partition coefficient (Wildman–Crippen LogP) is 1.98. The fourth-order valence-electron chi connectivity index (χ4n) is 2.85. The summed E-state index contributed by atoms with van der Waals surface area (Å²) in [5.41, 5.74) is -0.592. The van der Waals surface area contributed by atoms with Gasteiger partial charge in [0.05, 0.1) is 12.2 Å². The molecule has 0 aromatic heterocycles. The molecule has 1 aromatic carbocycles. The summed E-state index contributed by atoms with van der Waals surface area (Å²) >= 11 is 0. The molecule has 0 saturated carbocycles. The highest BCUT2D eigenvalue weighted by atomic mass is 19.4. The zero-order valence-corrected chi connectivity index (χ0v) is 15.5. The number of hydrogen-bond donors (Lipinski definition) is 2. The van der Waals surface area contributed by atoms with E-state index in [2.05, 4.69) is 15.6 Å². The van der Waals surface area contributed by atoms with Gasteiger partial charge in [-0.15, -0.1) is 0 Å². The molecule has 9 heteroatoms. The number of ether oxygens (including phenoxy) is 1. The third-order valence-corrected chi connectivity index (χ3v) is 4.30. The van der Waals surface area contributed by atoms with E-state index in [0.29, 0.717) is 25.0 Å². The number of amides is 1. The first-order chi connectivity index (χ1) is 12.8. The lowest BCUT2D eigenvalue weighted by Gasteiger charge is -2.24. The molecule has 1 atom stereocenters. The molecule has 6 nitrogen and oxygen atoms in total. The maximum Gasteiger partial charge on any atom is 0.416 e. The second-order valence-corrected chi connectivity index (χ2v) is 6.42. The molecule has 0 bridgehead atoms. The van der Waals surface area contributed by atoms with Gasteiger partial charge in [-0.25, -0.2) is 0 Å². The third kappa shape index (κ3) is 6.42. The zero-order valence-electron chi connectivity index (χ0n) is 15.5. The van der Waals surface area contributed by atoms with Gasteiger partial charge < -0.3 is 20.3 Å². The van der Waals surface area contributed by atoms with Crippen molar-refractivity contribution in [2.24, 2.45) is 10.9 Å². The van der Waals surface area contributed by atoms with Gasteiger partial charge in [0, 0.05) is 51.8 Å². The van der Waals surface area contributed by atoms with Crippen LogP contribution in [0, 0.1) is 5.92 Å². The Balaban J connectivity index is 1.73. The van der Waals surface area contributed by atoms with Crippen LogP contribution in [0.5, 0.6) is 0 Å². The van der Waals surface area contributed by atoms with Crippen molar-refractivity contribution in [1.82, 2.24) is 15.5 Å². The fraction of sp³-hybridized carbons (Fsp3) is 0.556. The Morgan fingerprint density at radius 1 is 1.26 bits per heavy atom. The highest BCUT2D eigenvalue weighted by molar-refractivity contribution is 5.94. The normalized spacial score (nSPS) is 17.7. The maximum atomic E-state index is 12.5. The topological polar surface area (TPSA) is 66.0 Å². The van der Waals surface area contributed by atoms with Crippen molar-refractivity contribution in [1.29, 1.82) is 0 Å². The van der Waals surface area contributed by atoms with E-state index in [9.17, 15) is 18.0 Å². The third-order valence-electron chi connectivity index (χ3n) is 4.30. The molecular weight excluding hydrogens is 361 g/mol. The molecule has 1 saturated heterocycles. The van der Waals surface area contributed by atoms with Gasteiger partial charge in [-0.05, 0) is 30.7 Å². The number of rotatable bonds is 6. The summed E-state index contributed by atoms with van der Waals surface area (Å²) in [4.78, 5) is 18.2. The van der Waals surface area contributed by atoms with Crippen LogP contribution >= 0.6 is 0 Å². The monoisotopic (exact) mass is 386 g/mol. The van der Waals surface area contributed by atoms with Crippen LogP contribution in [0.15, 0.2) is 29.3 Å². The summed E-state index contributed by atoms with van der Waals surface area (Å²) in [5, 5.41) is 5.82. The second kappa shape index (κ2) is 9.59. The van der Waals surface area contributed by atoms with E-state index in [1.165, 1.54) is 12.1 Å². The molecule has 0 spiro atoms. The van der Waals surface area contributed by atoms with E-state index in [1.807, 2.05) is 11.9 Å². The minimum atomic E-state index is -4.41. The van der Waals surface area contributed by atoms with Crippen molar-refractivity contribution in [3.63, 3.8) is 0 Å². The second-order valence-electron chi connectivity index (χ2n) is 6.42. The lowest BCUT2D eigenvalue weighted by atomic mass is 10.1. The summed E-state index contributed by atoms with van der Waals surface area (Å²) in [5.74, 6) is 0.774. The van der Waals surface area contributed by atoms with E-state index in [1.54, 1.807) is 7.05 Å². The Labute approximate surface area is 156 Å². The Hall–Kier alpha value is -2.29. The van der Waals surface area contributed by atoms with E-state index in [-0.39, 0.29) is 5.56 Å². The van der Waals surface area contributed by atoms with Gasteiger partial charge in [0.25, 0.3) is 5.91 Å². The predicted molar refractivity (Wildman–Crippen MR) is 96.7 cm³/mol. The Bertz CT molecular complexity index is 641. The first kappa shape index (κ1) is 21.0. The molecule has 1 amide bonds. The lowest BCUT2D eigenvalue weighted by Crippen LogP contribution is -2.44. The molecule has 27 heavy (non-hydrogen) atoms. The van der Waals surface area contributed by atoms with Gasteiger partial charge in [0.2, 0.25) is 0 Å². The van der Waals surface area contributed by atoms with Gasteiger partial charge >= 0.3 is 6.18 Å². The maximum absolute atomic E-state index is 12.5. The highest BCUT2D eigenvalue weighted by Crippen LogP contribution is 2.29. The molecule has 150 valence electrons. The Morgan fingerprint density at radius 2 is 1.93 bits per heavy atom. The standard InChI is InChI=1S/C18H25F3N4O2/c1-22-17(25(2)11-13-7-10-27-12-13)24-9-8-23-16(26)14-3-5-15(6-4-14)18(19,20)21/h3-6,13H,7-12H2,1-2H3,(H,22,24)(H,23,26). The Morgan fingerprint density at radius 3 is 2.48 bits per heavy atom. The van der Waals surface area contributed by atoms with Gasteiger partial charge in [0.15, 0.2) is 5.96 Å². The number of benzene rings is 1. The first-order valence-electron chi connectivity index (χ1n) is 8.76. The molecule has 1 aliphatic rings. The number of alkyl halides is 3. The Kier molecular flexibility index (Phi) is 7.46.